The minimum atomic E-state index is -0.781. The topological polar surface area (TPSA) is 70.1 Å². The number of ether oxygens (including phenoxy) is 1. The molecule has 1 aliphatic heterocycles. The molecule has 6 heteroatoms. The van der Waals surface area contributed by atoms with E-state index in [1.807, 2.05) is 93.5 Å². The fourth-order valence-corrected chi connectivity index (χ4v) is 4.89. The van der Waals surface area contributed by atoms with E-state index in [9.17, 15) is 14.7 Å². The first-order chi connectivity index (χ1) is 18.0. The van der Waals surface area contributed by atoms with Crippen LogP contribution in [0.15, 0.2) is 72.3 Å². The summed E-state index contributed by atoms with van der Waals surface area (Å²) >= 11 is 0. The van der Waals surface area contributed by atoms with Crippen LogP contribution >= 0.6 is 0 Å². The molecule has 1 atom stereocenters. The Balaban J connectivity index is 1.96. The van der Waals surface area contributed by atoms with Gasteiger partial charge < -0.3 is 14.7 Å². The van der Waals surface area contributed by atoms with Crippen molar-refractivity contribution in [3.8, 4) is 5.75 Å². The van der Waals surface area contributed by atoms with Gasteiger partial charge >= 0.3 is 0 Å². The Morgan fingerprint density at radius 2 is 1.66 bits per heavy atom. The number of carbonyl (C=O) groups excluding carboxylic acids is 2. The standard InChI is InChI=1S/C32H36N2O4/c1-8-38-26-18-15-22(19-24(26)32(3,4)5)29(35)27-28(21-13-16-23(17-14-21)33(6)7)34(31(37)30(27)36)25-12-10-9-11-20(25)2/h9-19,28,35H,8H2,1-7H3/b29-27-. The summed E-state index contributed by atoms with van der Waals surface area (Å²) in [5, 5.41) is 11.7. The van der Waals surface area contributed by atoms with Crippen LogP contribution in [0, 0.1) is 6.92 Å². The molecule has 3 aromatic carbocycles. The average Bonchev–Trinajstić information content (AvgIpc) is 3.14. The SMILES string of the molecule is CCOc1ccc(/C(O)=C2/C(=O)C(=O)N(c3ccccc3C)C2c2ccc(N(C)C)cc2)cc1C(C)(C)C. The van der Waals surface area contributed by atoms with Gasteiger partial charge in [-0.2, -0.15) is 0 Å². The van der Waals surface area contributed by atoms with E-state index in [1.54, 1.807) is 6.07 Å². The lowest BCUT2D eigenvalue weighted by atomic mass is 9.84. The number of hydrogen-bond donors (Lipinski definition) is 1. The van der Waals surface area contributed by atoms with Gasteiger partial charge in [-0.3, -0.25) is 14.5 Å². The summed E-state index contributed by atoms with van der Waals surface area (Å²) in [5.41, 5.74) is 4.40. The number of hydrogen-bond acceptors (Lipinski definition) is 5. The zero-order valence-electron chi connectivity index (χ0n) is 23.2. The fraction of sp³-hybridized carbons (Fsp3) is 0.312. The molecule has 38 heavy (non-hydrogen) atoms. The molecule has 1 aliphatic rings. The van der Waals surface area contributed by atoms with Crippen molar-refractivity contribution in [3.05, 3.63) is 94.6 Å². The highest BCUT2D eigenvalue weighted by Gasteiger charge is 2.47. The third-order valence-electron chi connectivity index (χ3n) is 6.91. The zero-order valence-corrected chi connectivity index (χ0v) is 23.2. The van der Waals surface area contributed by atoms with Crippen LogP contribution in [0.1, 0.15) is 56.0 Å². The summed E-state index contributed by atoms with van der Waals surface area (Å²) < 4.78 is 5.84. The molecule has 0 saturated carbocycles. The molecule has 0 bridgehead atoms. The second-order valence-electron chi connectivity index (χ2n) is 10.8. The molecule has 1 fully saturated rings. The number of nitrogens with zero attached hydrogens (tertiary/aromatic N) is 2. The molecule has 1 saturated heterocycles. The number of ketones is 1. The van der Waals surface area contributed by atoms with Gasteiger partial charge in [-0.05, 0) is 66.8 Å². The molecule has 1 N–H and O–H groups in total. The fourth-order valence-electron chi connectivity index (χ4n) is 4.89. The Morgan fingerprint density at radius 3 is 2.24 bits per heavy atom. The first-order valence-corrected chi connectivity index (χ1v) is 12.9. The highest BCUT2D eigenvalue weighted by molar-refractivity contribution is 6.51. The Labute approximate surface area is 225 Å². The predicted octanol–water partition coefficient (Wildman–Crippen LogP) is 6.38. The first kappa shape index (κ1) is 27.0. The van der Waals surface area contributed by atoms with Gasteiger partial charge in [0.15, 0.2) is 0 Å². The number of benzene rings is 3. The van der Waals surface area contributed by atoms with Crippen molar-refractivity contribution < 1.29 is 19.4 Å². The molecule has 0 radical (unpaired) electrons. The molecular formula is C32H36N2O4. The number of para-hydroxylation sites is 1. The van der Waals surface area contributed by atoms with Crippen molar-refractivity contribution in [2.45, 2.75) is 46.1 Å². The van der Waals surface area contributed by atoms with Crippen molar-refractivity contribution >= 4 is 28.8 Å². The monoisotopic (exact) mass is 512 g/mol. The maximum atomic E-state index is 13.6. The number of anilines is 2. The van der Waals surface area contributed by atoms with Crippen LogP contribution in [0.25, 0.3) is 5.76 Å². The predicted molar refractivity (Wildman–Crippen MR) is 153 cm³/mol. The van der Waals surface area contributed by atoms with E-state index in [2.05, 4.69) is 20.8 Å². The van der Waals surface area contributed by atoms with Crippen LogP contribution in [0.2, 0.25) is 0 Å². The maximum absolute atomic E-state index is 13.6. The number of carbonyl (C=O) groups is 2. The van der Waals surface area contributed by atoms with Crippen molar-refractivity contribution in [3.63, 3.8) is 0 Å². The normalized spacial score (nSPS) is 17.1. The Morgan fingerprint density at radius 1 is 1.00 bits per heavy atom. The van der Waals surface area contributed by atoms with Gasteiger partial charge in [0.1, 0.15) is 11.5 Å². The van der Waals surface area contributed by atoms with Gasteiger partial charge in [0.2, 0.25) is 0 Å². The summed E-state index contributed by atoms with van der Waals surface area (Å²) in [7, 11) is 3.90. The van der Waals surface area contributed by atoms with Crippen LogP contribution in [0.3, 0.4) is 0 Å². The zero-order chi connectivity index (χ0) is 27.8. The van der Waals surface area contributed by atoms with E-state index in [4.69, 9.17) is 4.74 Å². The van der Waals surface area contributed by atoms with Crippen LogP contribution < -0.4 is 14.5 Å². The largest absolute Gasteiger partial charge is 0.507 e. The summed E-state index contributed by atoms with van der Waals surface area (Å²) in [5.74, 6) is -0.842. The molecule has 6 nitrogen and oxygen atoms in total. The van der Waals surface area contributed by atoms with E-state index >= 15 is 0 Å². The van der Waals surface area contributed by atoms with Gasteiger partial charge in [0, 0.05) is 36.6 Å². The number of rotatable bonds is 6. The lowest BCUT2D eigenvalue weighted by Crippen LogP contribution is -2.30. The second kappa shape index (κ2) is 10.4. The molecule has 0 aliphatic carbocycles. The van der Waals surface area contributed by atoms with Crippen molar-refractivity contribution in [1.82, 2.24) is 0 Å². The molecule has 0 spiro atoms. The van der Waals surface area contributed by atoms with Crippen LogP contribution in [0.4, 0.5) is 11.4 Å². The summed E-state index contributed by atoms with van der Waals surface area (Å²) in [4.78, 5) is 30.6. The Kier molecular flexibility index (Phi) is 7.36. The van der Waals surface area contributed by atoms with E-state index < -0.39 is 17.7 Å². The lowest BCUT2D eigenvalue weighted by Gasteiger charge is -2.27. The number of amides is 1. The summed E-state index contributed by atoms with van der Waals surface area (Å²) in [6.45, 7) is 10.5. The number of aryl methyl sites for hydroxylation is 1. The molecule has 0 aromatic heterocycles. The van der Waals surface area contributed by atoms with Crippen molar-refractivity contribution in [2.24, 2.45) is 0 Å². The summed E-state index contributed by atoms with van der Waals surface area (Å²) in [6, 6.07) is 19.8. The molecule has 3 aromatic rings. The minimum absolute atomic E-state index is 0.0693. The molecule has 4 rings (SSSR count). The third kappa shape index (κ3) is 4.91. The van der Waals surface area contributed by atoms with E-state index in [1.165, 1.54) is 4.90 Å². The molecule has 1 heterocycles. The maximum Gasteiger partial charge on any atom is 0.300 e. The summed E-state index contributed by atoms with van der Waals surface area (Å²) in [6.07, 6.45) is 0. The molecular weight excluding hydrogens is 476 g/mol. The first-order valence-electron chi connectivity index (χ1n) is 12.9. The van der Waals surface area contributed by atoms with E-state index in [0.717, 1.165) is 28.1 Å². The van der Waals surface area contributed by atoms with Crippen LogP contribution in [0.5, 0.6) is 5.75 Å². The highest BCUT2D eigenvalue weighted by atomic mass is 16.5. The van der Waals surface area contributed by atoms with Crippen molar-refractivity contribution in [2.75, 3.05) is 30.5 Å². The third-order valence-corrected chi connectivity index (χ3v) is 6.91. The molecule has 198 valence electrons. The number of aliphatic hydroxyl groups excluding tert-OH is 1. The van der Waals surface area contributed by atoms with Crippen LogP contribution in [-0.4, -0.2) is 37.5 Å². The van der Waals surface area contributed by atoms with Gasteiger partial charge in [-0.25, -0.2) is 0 Å². The van der Waals surface area contributed by atoms with Gasteiger partial charge in [-0.15, -0.1) is 0 Å². The quantitative estimate of drug-likeness (QED) is 0.236. The van der Waals surface area contributed by atoms with E-state index in [-0.39, 0.29) is 16.7 Å². The van der Waals surface area contributed by atoms with Gasteiger partial charge in [0.25, 0.3) is 11.7 Å². The number of Topliss-reactive ketones (excluding diaryl/α,β-unsaturated/α-hetero) is 1. The number of aliphatic hydroxyl groups is 1. The molecule has 1 unspecified atom stereocenters. The van der Waals surface area contributed by atoms with E-state index in [0.29, 0.717) is 17.9 Å². The lowest BCUT2D eigenvalue weighted by molar-refractivity contribution is -0.132. The smallest absolute Gasteiger partial charge is 0.300 e. The van der Waals surface area contributed by atoms with Gasteiger partial charge in [0.05, 0.1) is 18.2 Å². The Bertz CT molecular complexity index is 1400. The van der Waals surface area contributed by atoms with Crippen LogP contribution in [-0.2, 0) is 15.0 Å². The average molecular weight is 513 g/mol. The highest BCUT2D eigenvalue weighted by Crippen LogP contribution is 2.44. The van der Waals surface area contributed by atoms with Gasteiger partial charge in [-0.1, -0.05) is 51.1 Å². The second-order valence-corrected chi connectivity index (χ2v) is 10.8. The molecule has 1 amide bonds. The minimum Gasteiger partial charge on any atom is -0.507 e. The Hall–Kier alpha value is -4.06. The van der Waals surface area contributed by atoms with Crippen molar-refractivity contribution in [1.29, 1.82) is 0 Å².